The number of rotatable bonds is 5. The minimum absolute atomic E-state index is 0.0214. The lowest BCUT2D eigenvalue weighted by molar-refractivity contribution is 0.101. The van der Waals surface area contributed by atoms with Crippen molar-refractivity contribution in [2.75, 3.05) is 12.4 Å². The molecule has 0 aromatic heterocycles. The van der Waals surface area contributed by atoms with Gasteiger partial charge in [-0.25, -0.2) is 4.79 Å². The van der Waals surface area contributed by atoms with E-state index in [4.69, 9.17) is 4.74 Å². The van der Waals surface area contributed by atoms with E-state index in [2.05, 4.69) is 10.1 Å². The van der Waals surface area contributed by atoms with E-state index in [1.165, 1.54) is 14.0 Å². The maximum atomic E-state index is 11.2. The molecule has 2 rings (SSSR count). The van der Waals surface area contributed by atoms with E-state index in [0.29, 0.717) is 23.6 Å². The molecule has 0 fully saturated rings. The number of carbonyl (C=O) groups excluding carboxylic acids is 2. The zero-order chi connectivity index (χ0) is 15.9. The van der Waals surface area contributed by atoms with Gasteiger partial charge in [0.2, 0.25) is 0 Å². The van der Waals surface area contributed by atoms with Crippen LogP contribution in [0, 0.1) is 0 Å². The standard InChI is InChI=1S/C17H17NO4/c1-12(19)14-6-8-16(9-7-14)22-11-13-4-3-5-15(10-13)18-17(20)21-2/h3-10H,11H2,1-2H3,(H,18,20). The molecule has 0 bridgehead atoms. The van der Waals surface area contributed by atoms with Crippen LogP contribution in [0.2, 0.25) is 0 Å². The molecule has 0 aliphatic carbocycles. The van der Waals surface area contributed by atoms with Crippen LogP contribution in [0.3, 0.4) is 0 Å². The largest absolute Gasteiger partial charge is 0.489 e. The molecule has 114 valence electrons. The van der Waals surface area contributed by atoms with Crippen molar-refractivity contribution in [2.45, 2.75) is 13.5 Å². The highest BCUT2D eigenvalue weighted by Crippen LogP contribution is 2.16. The van der Waals surface area contributed by atoms with Crippen LogP contribution >= 0.6 is 0 Å². The summed E-state index contributed by atoms with van der Waals surface area (Å²) in [6.45, 7) is 1.88. The zero-order valence-corrected chi connectivity index (χ0v) is 12.5. The summed E-state index contributed by atoms with van der Waals surface area (Å²) in [5.74, 6) is 0.699. The van der Waals surface area contributed by atoms with Crippen LogP contribution in [-0.2, 0) is 11.3 Å². The number of ether oxygens (including phenoxy) is 2. The Labute approximate surface area is 128 Å². The Hall–Kier alpha value is -2.82. The highest BCUT2D eigenvalue weighted by Gasteiger charge is 2.03. The molecule has 0 atom stereocenters. The monoisotopic (exact) mass is 299 g/mol. The van der Waals surface area contributed by atoms with Crippen molar-refractivity contribution in [3.05, 3.63) is 59.7 Å². The summed E-state index contributed by atoms with van der Waals surface area (Å²) in [5, 5.41) is 2.60. The number of amides is 1. The molecule has 0 aliphatic heterocycles. The minimum Gasteiger partial charge on any atom is -0.489 e. The molecule has 0 radical (unpaired) electrons. The first kappa shape index (κ1) is 15.6. The number of hydrogen-bond donors (Lipinski definition) is 1. The number of Topliss-reactive ketones (excluding diaryl/α,β-unsaturated/α-hetero) is 1. The average Bonchev–Trinajstić information content (AvgIpc) is 2.53. The molecule has 0 heterocycles. The van der Waals surface area contributed by atoms with Crippen LogP contribution in [-0.4, -0.2) is 19.0 Å². The normalized spacial score (nSPS) is 9.91. The van der Waals surface area contributed by atoms with Gasteiger partial charge in [-0.15, -0.1) is 0 Å². The predicted molar refractivity (Wildman–Crippen MR) is 83.2 cm³/mol. The number of hydrogen-bond acceptors (Lipinski definition) is 4. The van der Waals surface area contributed by atoms with E-state index in [1.807, 2.05) is 12.1 Å². The first-order valence-corrected chi connectivity index (χ1v) is 6.76. The summed E-state index contributed by atoms with van der Waals surface area (Å²) < 4.78 is 10.2. The lowest BCUT2D eigenvalue weighted by Crippen LogP contribution is -2.11. The van der Waals surface area contributed by atoms with E-state index < -0.39 is 6.09 Å². The summed E-state index contributed by atoms with van der Waals surface area (Å²) in [6.07, 6.45) is -0.516. The molecular weight excluding hydrogens is 282 g/mol. The van der Waals surface area contributed by atoms with Crippen molar-refractivity contribution in [3.63, 3.8) is 0 Å². The first-order valence-electron chi connectivity index (χ1n) is 6.76. The van der Waals surface area contributed by atoms with Gasteiger partial charge in [0.1, 0.15) is 12.4 Å². The second-order valence-electron chi connectivity index (χ2n) is 4.69. The summed E-state index contributed by atoms with van der Waals surface area (Å²) in [7, 11) is 1.31. The topological polar surface area (TPSA) is 64.6 Å². The molecule has 1 N–H and O–H groups in total. The van der Waals surface area contributed by atoms with Crippen molar-refractivity contribution in [1.82, 2.24) is 0 Å². The summed E-state index contributed by atoms with van der Waals surface area (Å²) in [4.78, 5) is 22.4. The van der Waals surface area contributed by atoms with Crippen molar-refractivity contribution in [1.29, 1.82) is 0 Å². The second kappa shape index (κ2) is 7.26. The molecule has 0 saturated carbocycles. The van der Waals surface area contributed by atoms with Crippen LogP contribution in [0.1, 0.15) is 22.8 Å². The minimum atomic E-state index is -0.516. The molecule has 5 nitrogen and oxygen atoms in total. The zero-order valence-electron chi connectivity index (χ0n) is 12.5. The first-order chi connectivity index (χ1) is 10.6. The van der Waals surface area contributed by atoms with E-state index >= 15 is 0 Å². The Morgan fingerprint density at radius 2 is 1.82 bits per heavy atom. The van der Waals surface area contributed by atoms with E-state index in [-0.39, 0.29) is 5.78 Å². The van der Waals surface area contributed by atoms with Gasteiger partial charge in [0.15, 0.2) is 5.78 Å². The lowest BCUT2D eigenvalue weighted by atomic mass is 10.1. The summed E-state index contributed by atoms with van der Waals surface area (Å²) >= 11 is 0. The van der Waals surface area contributed by atoms with Crippen LogP contribution in [0.5, 0.6) is 5.75 Å². The van der Waals surface area contributed by atoms with Gasteiger partial charge in [0.05, 0.1) is 7.11 Å². The van der Waals surface area contributed by atoms with Crippen LogP contribution < -0.4 is 10.1 Å². The van der Waals surface area contributed by atoms with Gasteiger partial charge in [-0.05, 0) is 48.9 Å². The summed E-state index contributed by atoms with van der Waals surface area (Å²) in [5.41, 5.74) is 2.20. The number of methoxy groups -OCH3 is 1. The maximum absolute atomic E-state index is 11.2. The Balaban J connectivity index is 1.97. The quantitative estimate of drug-likeness (QED) is 0.856. The van der Waals surface area contributed by atoms with Crippen molar-refractivity contribution in [2.24, 2.45) is 0 Å². The highest BCUT2D eigenvalue weighted by molar-refractivity contribution is 5.94. The van der Waals surface area contributed by atoms with Crippen LogP contribution in [0.25, 0.3) is 0 Å². The van der Waals surface area contributed by atoms with E-state index in [9.17, 15) is 9.59 Å². The van der Waals surface area contributed by atoms with Crippen LogP contribution in [0.4, 0.5) is 10.5 Å². The highest BCUT2D eigenvalue weighted by atomic mass is 16.5. The van der Waals surface area contributed by atoms with E-state index in [0.717, 1.165) is 5.56 Å². The number of ketones is 1. The molecule has 22 heavy (non-hydrogen) atoms. The van der Waals surface area contributed by atoms with Gasteiger partial charge >= 0.3 is 6.09 Å². The van der Waals surface area contributed by atoms with Gasteiger partial charge in [-0.2, -0.15) is 0 Å². The molecule has 2 aromatic carbocycles. The lowest BCUT2D eigenvalue weighted by Gasteiger charge is -2.09. The Kier molecular flexibility index (Phi) is 5.14. The molecule has 5 heteroatoms. The summed E-state index contributed by atoms with van der Waals surface area (Å²) in [6, 6.07) is 14.3. The average molecular weight is 299 g/mol. The molecule has 2 aromatic rings. The van der Waals surface area contributed by atoms with Crippen molar-refractivity contribution in [3.8, 4) is 5.75 Å². The fourth-order valence-electron chi connectivity index (χ4n) is 1.86. The molecule has 0 saturated heterocycles. The van der Waals surface area contributed by atoms with Crippen molar-refractivity contribution >= 4 is 17.6 Å². The number of benzene rings is 2. The maximum Gasteiger partial charge on any atom is 0.411 e. The van der Waals surface area contributed by atoms with Crippen LogP contribution in [0.15, 0.2) is 48.5 Å². The second-order valence-corrected chi connectivity index (χ2v) is 4.69. The Morgan fingerprint density at radius 3 is 2.45 bits per heavy atom. The fourth-order valence-corrected chi connectivity index (χ4v) is 1.86. The van der Waals surface area contributed by atoms with E-state index in [1.54, 1.807) is 36.4 Å². The van der Waals surface area contributed by atoms with Gasteiger partial charge in [-0.1, -0.05) is 12.1 Å². The SMILES string of the molecule is COC(=O)Nc1cccc(COc2ccc(C(C)=O)cc2)c1. The Bertz CT molecular complexity index is 665. The molecule has 0 aliphatic rings. The van der Waals surface area contributed by atoms with Crippen molar-refractivity contribution < 1.29 is 19.1 Å². The number of carbonyl (C=O) groups is 2. The smallest absolute Gasteiger partial charge is 0.411 e. The predicted octanol–water partition coefficient (Wildman–Crippen LogP) is 3.65. The molecule has 1 amide bonds. The fraction of sp³-hybridized carbons (Fsp3) is 0.176. The molecule has 0 unspecified atom stereocenters. The molecular formula is C17H17NO4. The van der Waals surface area contributed by atoms with Gasteiger partial charge in [0, 0.05) is 11.3 Å². The third-order valence-electron chi connectivity index (χ3n) is 3.03. The van der Waals surface area contributed by atoms with Gasteiger partial charge in [0.25, 0.3) is 0 Å². The number of anilines is 1. The van der Waals surface area contributed by atoms with Gasteiger partial charge < -0.3 is 9.47 Å². The third kappa shape index (κ3) is 4.34. The number of nitrogens with one attached hydrogen (secondary N) is 1. The van der Waals surface area contributed by atoms with Gasteiger partial charge in [-0.3, -0.25) is 10.1 Å². The Morgan fingerprint density at radius 1 is 1.09 bits per heavy atom. The third-order valence-corrected chi connectivity index (χ3v) is 3.03. The molecule has 0 spiro atoms.